The van der Waals surface area contributed by atoms with Crippen LogP contribution in [0.15, 0.2) is 53.4 Å². The molecule has 2 aromatic carbocycles. The van der Waals surface area contributed by atoms with Gasteiger partial charge in [0.25, 0.3) is 5.91 Å². The summed E-state index contributed by atoms with van der Waals surface area (Å²) in [5.41, 5.74) is 1.48. The summed E-state index contributed by atoms with van der Waals surface area (Å²) in [5.74, 6) is 0.426. The minimum Gasteiger partial charge on any atom is -0.491 e. The van der Waals surface area contributed by atoms with Crippen LogP contribution in [-0.4, -0.2) is 44.4 Å². The van der Waals surface area contributed by atoms with E-state index in [1.54, 1.807) is 18.2 Å². The Morgan fingerprint density at radius 3 is 2.40 bits per heavy atom. The number of hydrogen-bond acceptors (Lipinski definition) is 4. The summed E-state index contributed by atoms with van der Waals surface area (Å²) in [6.07, 6.45) is 3.85. The van der Waals surface area contributed by atoms with Gasteiger partial charge in [-0.2, -0.15) is 4.31 Å². The van der Waals surface area contributed by atoms with Crippen LogP contribution in [0.25, 0.3) is 0 Å². The quantitative estimate of drug-likeness (QED) is 0.726. The Bertz CT molecular complexity index is 949. The average Bonchev–Trinajstić information content (AvgIpc) is 3.03. The van der Waals surface area contributed by atoms with Crippen LogP contribution in [-0.2, 0) is 10.0 Å². The first-order valence-electron chi connectivity index (χ1n) is 10.5. The highest BCUT2D eigenvalue weighted by Gasteiger charge is 2.26. The smallest absolute Gasteiger partial charge is 0.251 e. The third-order valence-electron chi connectivity index (χ3n) is 5.20. The van der Waals surface area contributed by atoms with E-state index in [4.69, 9.17) is 4.74 Å². The van der Waals surface area contributed by atoms with E-state index in [2.05, 4.69) is 5.32 Å². The highest BCUT2D eigenvalue weighted by molar-refractivity contribution is 7.89. The van der Waals surface area contributed by atoms with Crippen LogP contribution in [0.1, 0.15) is 48.5 Å². The Balaban J connectivity index is 1.62. The zero-order chi connectivity index (χ0) is 21.6. The fourth-order valence-electron chi connectivity index (χ4n) is 3.43. The molecule has 0 bridgehead atoms. The SMILES string of the molecule is Cc1ccc(OC[C@H](C)NC(=O)c2cccc(S(=O)(=O)N3CCCCCC3)c2)cc1. The Morgan fingerprint density at radius 2 is 1.73 bits per heavy atom. The fourth-order valence-corrected chi connectivity index (χ4v) is 5.00. The summed E-state index contributed by atoms with van der Waals surface area (Å²) in [5, 5.41) is 2.87. The second kappa shape index (κ2) is 10.1. The van der Waals surface area contributed by atoms with Crippen LogP contribution in [0.3, 0.4) is 0 Å². The van der Waals surface area contributed by atoms with E-state index in [1.807, 2.05) is 38.1 Å². The van der Waals surface area contributed by atoms with E-state index in [9.17, 15) is 13.2 Å². The lowest BCUT2D eigenvalue weighted by atomic mass is 10.2. The third-order valence-corrected chi connectivity index (χ3v) is 7.09. The van der Waals surface area contributed by atoms with Crippen LogP contribution in [0.2, 0.25) is 0 Å². The van der Waals surface area contributed by atoms with Crippen molar-refractivity contribution < 1.29 is 17.9 Å². The molecule has 6 nitrogen and oxygen atoms in total. The molecule has 2 aromatic rings. The normalized spacial score (nSPS) is 16.5. The summed E-state index contributed by atoms with van der Waals surface area (Å²) in [6, 6.07) is 13.7. The molecule has 1 heterocycles. The molecule has 3 rings (SSSR count). The highest BCUT2D eigenvalue weighted by Crippen LogP contribution is 2.21. The lowest BCUT2D eigenvalue weighted by molar-refractivity contribution is 0.0926. The molecule has 1 fully saturated rings. The van der Waals surface area contributed by atoms with E-state index in [0.29, 0.717) is 25.3 Å². The first-order chi connectivity index (χ1) is 14.4. The molecule has 0 spiro atoms. The first kappa shape index (κ1) is 22.3. The van der Waals surface area contributed by atoms with Crippen molar-refractivity contribution in [3.63, 3.8) is 0 Å². The number of aryl methyl sites for hydroxylation is 1. The lowest BCUT2D eigenvalue weighted by Crippen LogP contribution is -2.37. The Labute approximate surface area is 179 Å². The summed E-state index contributed by atoms with van der Waals surface area (Å²) >= 11 is 0. The number of carbonyl (C=O) groups is 1. The molecule has 162 valence electrons. The number of sulfonamides is 1. The molecule has 7 heteroatoms. The zero-order valence-electron chi connectivity index (χ0n) is 17.6. The van der Waals surface area contributed by atoms with Gasteiger partial charge in [0.15, 0.2) is 0 Å². The number of hydrogen-bond donors (Lipinski definition) is 1. The van der Waals surface area contributed by atoms with Crippen molar-refractivity contribution in [1.29, 1.82) is 0 Å². The molecule has 30 heavy (non-hydrogen) atoms. The molecule has 0 unspecified atom stereocenters. The molecule has 0 aromatic heterocycles. The van der Waals surface area contributed by atoms with Gasteiger partial charge in [-0.3, -0.25) is 4.79 Å². The summed E-state index contributed by atoms with van der Waals surface area (Å²) in [7, 11) is -3.59. The highest BCUT2D eigenvalue weighted by atomic mass is 32.2. The Morgan fingerprint density at radius 1 is 1.07 bits per heavy atom. The Hall–Kier alpha value is -2.38. The summed E-state index contributed by atoms with van der Waals surface area (Å²) < 4.78 is 33.2. The molecule has 1 aliphatic heterocycles. The Kier molecular flexibility index (Phi) is 7.50. The maximum atomic E-state index is 13.0. The van der Waals surface area contributed by atoms with Crippen molar-refractivity contribution in [1.82, 2.24) is 9.62 Å². The van der Waals surface area contributed by atoms with Gasteiger partial charge in [0, 0.05) is 18.7 Å². The maximum absolute atomic E-state index is 13.0. The van der Waals surface area contributed by atoms with Gasteiger partial charge in [0.2, 0.25) is 10.0 Å². The largest absolute Gasteiger partial charge is 0.491 e. The zero-order valence-corrected chi connectivity index (χ0v) is 18.5. The standard InChI is InChI=1S/C23H30N2O4S/c1-18-10-12-21(13-11-18)29-17-19(2)24-23(26)20-8-7-9-22(16-20)30(27,28)25-14-5-3-4-6-15-25/h7-13,16,19H,3-6,14-15,17H2,1-2H3,(H,24,26)/t19-/m0/s1. The van der Waals surface area contributed by atoms with E-state index >= 15 is 0 Å². The molecule has 1 aliphatic rings. The van der Waals surface area contributed by atoms with Gasteiger partial charge in [-0.1, -0.05) is 36.6 Å². The molecule has 0 radical (unpaired) electrons. The van der Waals surface area contributed by atoms with Crippen LogP contribution in [0.5, 0.6) is 5.75 Å². The van der Waals surface area contributed by atoms with Gasteiger partial charge in [-0.25, -0.2) is 8.42 Å². The van der Waals surface area contributed by atoms with E-state index in [-0.39, 0.29) is 16.8 Å². The topological polar surface area (TPSA) is 75.7 Å². The number of amides is 1. The average molecular weight is 431 g/mol. The molecular formula is C23H30N2O4S. The van der Waals surface area contributed by atoms with Gasteiger partial charge in [-0.05, 0) is 57.0 Å². The predicted molar refractivity (Wildman–Crippen MR) is 117 cm³/mol. The van der Waals surface area contributed by atoms with Crippen LogP contribution >= 0.6 is 0 Å². The first-order valence-corrected chi connectivity index (χ1v) is 11.9. The molecule has 1 saturated heterocycles. The number of benzene rings is 2. The van der Waals surface area contributed by atoms with Gasteiger partial charge in [-0.15, -0.1) is 0 Å². The van der Waals surface area contributed by atoms with Crippen molar-refractivity contribution in [2.45, 2.75) is 50.5 Å². The fraction of sp³-hybridized carbons (Fsp3) is 0.435. The van der Waals surface area contributed by atoms with Crippen LogP contribution < -0.4 is 10.1 Å². The number of rotatable bonds is 7. The predicted octanol–water partition coefficient (Wildman–Crippen LogP) is 3.76. The molecule has 1 amide bonds. The molecule has 0 saturated carbocycles. The maximum Gasteiger partial charge on any atom is 0.251 e. The third kappa shape index (κ3) is 5.83. The van der Waals surface area contributed by atoms with Crippen LogP contribution in [0.4, 0.5) is 0 Å². The van der Waals surface area contributed by atoms with Crippen molar-refractivity contribution in [3.8, 4) is 5.75 Å². The van der Waals surface area contributed by atoms with Crippen molar-refractivity contribution >= 4 is 15.9 Å². The second-order valence-electron chi connectivity index (χ2n) is 7.84. The number of ether oxygens (including phenoxy) is 1. The van der Waals surface area contributed by atoms with Crippen molar-refractivity contribution in [2.75, 3.05) is 19.7 Å². The van der Waals surface area contributed by atoms with Gasteiger partial charge in [0.05, 0.1) is 10.9 Å². The minimum absolute atomic E-state index is 0.167. The molecule has 1 atom stereocenters. The van der Waals surface area contributed by atoms with Crippen LogP contribution in [0, 0.1) is 6.92 Å². The van der Waals surface area contributed by atoms with Crippen molar-refractivity contribution in [3.05, 3.63) is 59.7 Å². The van der Waals surface area contributed by atoms with Gasteiger partial charge in [0.1, 0.15) is 12.4 Å². The lowest BCUT2D eigenvalue weighted by Gasteiger charge is -2.20. The molecule has 0 aliphatic carbocycles. The molecular weight excluding hydrogens is 400 g/mol. The second-order valence-corrected chi connectivity index (χ2v) is 9.78. The summed E-state index contributed by atoms with van der Waals surface area (Å²) in [6.45, 7) is 5.25. The number of nitrogens with zero attached hydrogens (tertiary/aromatic N) is 1. The molecule has 1 N–H and O–H groups in total. The van der Waals surface area contributed by atoms with Gasteiger partial charge >= 0.3 is 0 Å². The number of carbonyl (C=O) groups excluding carboxylic acids is 1. The van der Waals surface area contributed by atoms with Gasteiger partial charge < -0.3 is 10.1 Å². The van der Waals surface area contributed by atoms with E-state index < -0.39 is 10.0 Å². The van der Waals surface area contributed by atoms with E-state index in [0.717, 1.165) is 37.0 Å². The van der Waals surface area contributed by atoms with E-state index in [1.165, 1.54) is 10.4 Å². The van der Waals surface area contributed by atoms with Crippen molar-refractivity contribution in [2.24, 2.45) is 0 Å². The monoisotopic (exact) mass is 430 g/mol. The number of nitrogens with one attached hydrogen (secondary N) is 1. The summed E-state index contributed by atoms with van der Waals surface area (Å²) in [4.78, 5) is 12.8. The minimum atomic E-state index is -3.59.